The number of hydrogen-bond donors (Lipinski definition) is 0. The average Bonchev–Trinajstić information content (AvgIpc) is 3.68. The lowest BCUT2D eigenvalue weighted by Gasteiger charge is -2.24. The third-order valence-corrected chi connectivity index (χ3v) is 8.30. The number of nitrogens with zero attached hydrogens (tertiary/aromatic N) is 2. The number of benzene rings is 2. The second-order valence-electron chi connectivity index (χ2n) is 10.9. The van der Waals surface area contributed by atoms with E-state index in [9.17, 15) is 9.59 Å². The molecular formula is C34H42N2O6S. The second kappa shape index (κ2) is 16.9. The highest BCUT2D eigenvalue weighted by Crippen LogP contribution is 2.29. The molecule has 0 aliphatic heterocycles. The molecule has 0 radical (unpaired) electrons. The van der Waals surface area contributed by atoms with Crippen LogP contribution < -0.4 is 4.74 Å². The smallest absolute Gasteiger partial charge is 0.373 e. The highest BCUT2D eigenvalue weighted by Gasteiger charge is 2.37. The Morgan fingerprint density at radius 3 is 2.23 bits per heavy atom. The summed E-state index contributed by atoms with van der Waals surface area (Å²) in [7, 11) is 0. The van der Waals surface area contributed by atoms with Crippen LogP contribution in [0.4, 0.5) is 0 Å². The zero-order chi connectivity index (χ0) is 30.3. The van der Waals surface area contributed by atoms with Crippen LogP contribution in [0.2, 0.25) is 0 Å². The number of rotatable bonds is 18. The third kappa shape index (κ3) is 10.6. The molecule has 2 aromatic carbocycles. The molecule has 9 heteroatoms. The van der Waals surface area contributed by atoms with Gasteiger partial charge in [0.25, 0.3) is 5.79 Å². The fourth-order valence-corrected chi connectivity index (χ4v) is 5.74. The molecule has 0 bridgehead atoms. The van der Waals surface area contributed by atoms with Gasteiger partial charge in [-0.05, 0) is 60.9 Å². The molecule has 1 atom stereocenters. The van der Waals surface area contributed by atoms with Crippen molar-refractivity contribution in [1.29, 1.82) is 0 Å². The van der Waals surface area contributed by atoms with Crippen LogP contribution in [0.15, 0.2) is 60.7 Å². The maximum Gasteiger partial charge on any atom is 0.373 e. The van der Waals surface area contributed by atoms with Crippen LogP contribution in [0.1, 0.15) is 105 Å². The molecule has 0 fully saturated rings. The standard InChI is InChI=1S/C34H42N2O6S/c1-3-4-5-6-7-8-9-10-11-14-31-35-36-32(43-31)28-19-21-30(22-20-28)39-25-27-15-17-29(18-16-27)33(38)41-42-34(40-26(2)37)23-12-13-24-34/h12,15-23H,3-11,13-14,24-25H2,1-2H3. The van der Waals surface area contributed by atoms with Crippen LogP contribution >= 0.6 is 11.3 Å². The summed E-state index contributed by atoms with van der Waals surface area (Å²) in [6.45, 7) is 3.88. The van der Waals surface area contributed by atoms with Crippen molar-refractivity contribution in [1.82, 2.24) is 10.2 Å². The Labute approximate surface area is 258 Å². The van der Waals surface area contributed by atoms with E-state index in [-0.39, 0.29) is 0 Å². The minimum Gasteiger partial charge on any atom is -0.489 e. The SMILES string of the molecule is CCCCCCCCCCCc1nnc(-c2ccc(OCc3ccc(C(=O)OOC4(OC(C)=O)C=CCC4)cc3)cc2)s1. The molecular weight excluding hydrogens is 564 g/mol. The largest absolute Gasteiger partial charge is 0.489 e. The monoisotopic (exact) mass is 606 g/mol. The van der Waals surface area contributed by atoms with Crippen LogP contribution in [-0.4, -0.2) is 27.9 Å². The predicted molar refractivity (Wildman–Crippen MR) is 166 cm³/mol. The lowest BCUT2D eigenvalue weighted by atomic mass is 10.1. The number of carbonyl (C=O) groups is 2. The molecule has 8 nitrogen and oxygen atoms in total. The first kappa shape index (κ1) is 32.4. The Hall–Kier alpha value is -3.56. The van der Waals surface area contributed by atoms with Crippen molar-refractivity contribution >= 4 is 23.3 Å². The molecule has 1 aliphatic rings. The first-order chi connectivity index (χ1) is 21.0. The summed E-state index contributed by atoms with van der Waals surface area (Å²) in [5.41, 5.74) is 2.22. The Balaban J connectivity index is 1.17. The molecule has 0 N–H and O–H groups in total. The minimum atomic E-state index is -1.37. The molecule has 0 spiro atoms. The van der Waals surface area contributed by atoms with Gasteiger partial charge in [-0.3, -0.25) is 9.68 Å². The Kier molecular flexibility index (Phi) is 12.7. The molecule has 1 aliphatic carbocycles. The van der Waals surface area contributed by atoms with E-state index in [2.05, 4.69) is 17.1 Å². The number of aryl methyl sites for hydroxylation is 1. The number of aromatic nitrogens is 2. The van der Waals surface area contributed by atoms with Crippen LogP contribution in [0, 0.1) is 0 Å². The van der Waals surface area contributed by atoms with Crippen molar-refractivity contribution in [3.63, 3.8) is 0 Å². The van der Waals surface area contributed by atoms with Crippen molar-refractivity contribution in [2.24, 2.45) is 0 Å². The number of unbranched alkanes of at least 4 members (excludes halogenated alkanes) is 8. The molecule has 4 rings (SSSR count). The van der Waals surface area contributed by atoms with E-state index in [0.717, 1.165) is 33.3 Å². The Morgan fingerprint density at radius 1 is 0.884 bits per heavy atom. The first-order valence-corrected chi connectivity index (χ1v) is 16.2. The summed E-state index contributed by atoms with van der Waals surface area (Å²) < 4.78 is 11.1. The van der Waals surface area contributed by atoms with Gasteiger partial charge in [-0.25, -0.2) is 4.79 Å². The van der Waals surface area contributed by atoms with Gasteiger partial charge in [0.05, 0.1) is 5.56 Å². The van der Waals surface area contributed by atoms with Gasteiger partial charge in [-0.2, -0.15) is 0 Å². The van der Waals surface area contributed by atoms with E-state index in [0.29, 0.717) is 25.0 Å². The quantitative estimate of drug-likeness (QED) is 0.0355. The average molecular weight is 607 g/mol. The molecule has 1 aromatic heterocycles. The number of ether oxygens (including phenoxy) is 2. The number of carbonyl (C=O) groups excluding carboxylic acids is 2. The number of esters is 1. The van der Waals surface area contributed by atoms with Gasteiger partial charge in [0.15, 0.2) is 0 Å². The molecule has 0 saturated carbocycles. The maximum atomic E-state index is 12.4. The molecule has 1 heterocycles. The van der Waals surface area contributed by atoms with Crippen molar-refractivity contribution < 1.29 is 28.8 Å². The van der Waals surface area contributed by atoms with E-state index >= 15 is 0 Å². The lowest BCUT2D eigenvalue weighted by molar-refractivity contribution is -0.365. The van der Waals surface area contributed by atoms with Crippen molar-refractivity contribution in [2.75, 3.05) is 0 Å². The van der Waals surface area contributed by atoms with E-state index in [4.69, 9.17) is 19.2 Å². The van der Waals surface area contributed by atoms with Crippen LogP contribution in [-0.2, 0) is 32.3 Å². The Bertz CT molecular complexity index is 1320. The normalized spacial score (nSPS) is 15.9. The fourth-order valence-electron chi connectivity index (χ4n) is 4.86. The van der Waals surface area contributed by atoms with Crippen molar-refractivity contribution in [2.45, 2.75) is 103 Å². The predicted octanol–water partition coefficient (Wildman–Crippen LogP) is 8.56. The summed E-state index contributed by atoms with van der Waals surface area (Å²) in [6.07, 6.45) is 17.3. The van der Waals surface area contributed by atoms with Gasteiger partial charge < -0.3 is 9.47 Å². The zero-order valence-electron chi connectivity index (χ0n) is 25.2. The summed E-state index contributed by atoms with van der Waals surface area (Å²) in [4.78, 5) is 34.0. The minimum absolute atomic E-state index is 0.308. The van der Waals surface area contributed by atoms with Gasteiger partial charge in [0, 0.05) is 25.3 Å². The first-order valence-electron chi connectivity index (χ1n) is 15.4. The third-order valence-electron chi connectivity index (χ3n) is 7.26. The zero-order valence-corrected chi connectivity index (χ0v) is 26.0. The highest BCUT2D eigenvalue weighted by molar-refractivity contribution is 7.14. The summed E-state index contributed by atoms with van der Waals surface area (Å²) in [6, 6.07) is 14.7. The molecule has 43 heavy (non-hydrogen) atoms. The lowest BCUT2D eigenvalue weighted by Crippen LogP contribution is -2.34. The molecule has 0 saturated heterocycles. The summed E-state index contributed by atoms with van der Waals surface area (Å²) in [5, 5.41) is 10.8. The van der Waals surface area contributed by atoms with E-state index in [1.165, 1.54) is 64.7 Å². The van der Waals surface area contributed by atoms with E-state index < -0.39 is 17.7 Å². The van der Waals surface area contributed by atoms with Crippen molar-refractivity contribution in [3.05, 3.63) is 76.8 Å². The van der Waals surface area contributed by atoms with Crippen LogP contribution in [0.3, 0.4) is 0 Å². The van der Waals surface area contributed by atoms with Gasteiger partial charge >= 0.3 is 11.9 Å². The number of hydrogen-bond acceptors (Lipinski definition) is 9. The van der Waals surface area contributed by atoms with Gasteiger partial charge in [-0.1, -0.05) is 87.8 Å². The summed E-state index contributed by atoms with van der Waals surface area (Å²) >= 11 is 1.66. The second-order valence-corrected chi connectivity index (χ2v) is 12.0. The van der Waals surface area contributed by atoms with Gasteiger partial charge in [0.2, 0.25) is 0 Å². The van der Waals surface area contributed by atoms with Crippen LogP contribution in [0.5, 0.6) is 5.75 Å². The number of allylic oxidation sites excluding steroid dienone is 1. The molecule has 1 unspecified atom stereocenters. The van der Waals surface area contributed by atoms with Gasteiger partial charge in [0.1, 0.15) is 22.4 Å². The fraction of sp³-hybridized carbons (Fsp3) is 0.471. The van der Waals surface area contributed by atoms with E-state index in [1.807, 2.05) is 30.3 Å². The molecule has 0 amide bonds. The van der Waals surface area contributed by atoms with Crippen LogP contribution in [0.25, 0.3) is 10.6 Å². The van der Waals surface area contributed by atoms with Gasteiger partial charge in [-0.15, -0.1) is 15.1 Å². The van der Waals surface area contributed by atoms with Crippen molar-refractivity contribution in [3.8, 4) is 16.3 Å². The molecule has 230 valence electrons. The maximum absolute atomic E-state index is 12.4. The highest BCUT2D eigenvalue weighted by atomic mass is 32.1. The van der Waals surface area contributed by atoms with E-state index in [1.54, 1.807) is 41.7 Å². The Morgan fingerprint density at radius 2 is 1.58 bits per heavy atom. The topological polar surface area (TPSA) is 96.8 Å². The summed E-state index contributed by atoms with van der Waals surface area (Å²) in [5.74, 6) is -1.82. The molecule has 3 aromatic rings.